The average molecular weight is 515 g/mol. The summed E-state index contributed by atoms with van der Waals surface area (Å²) in [5, 5.41) is 13.2. The Morgan fingerprint density at radius 2 is 2.11 bits per heavy atom. The molecule has 1 aromatic carbocycles. The van der Waals surface area contributed by atoms with Gasteiger partial charge in [0, 0.05) is 17.4 Å². The summed E-state index contributed by atoms with van der Waals surface area (Å²) < 4.78 is 48.8. The molecular formula is C24H21F3N6O2S. The Hall–Kier alpha value is -3.56. The Morgan fingerprint density at radius 1 is 1.33 bits per heavy atom. The maximum Gasteiger partial charge on any atom is 0.273 e. The molecule has 4 N–H and O–H groups in total. The van der Waals surface area contributed by atoms with E-state index in [4.69, 9.17) is 16.9 Å². The number of amidine groups is 1. The molecule has 186 valence electrons. The van der Waals surface area contributed by atoms with Crippen LogP contribution in [0.2, 0.25) is 0 Å². The monoisotopic (exact) mass is 514 g/mol. The molecule has 2 aromatic heterocycles. The highest BCUT2D eigenvalue weighted by molar-refractivity contribution is 8.15. The molecule has 0 bridgehead atoms. The van der Waals surface area contributed by atoms with E-state index >= 15 is 13.2 Å². The first-order chi connectivity index (χ1) is 17.0. The summed E-state index contributed by atoms with van der Waals surface area (Å²) >= 11 is 0.638. The molecule has 3 aromatic rings. The van der Waals surface area contributed by atoms with Crippen LogP contribution in [-0.4, -0.2) is 48.6 Å². The van der Waals surface area contributed by atoms with Crippen molar-refractivity contribution in [1.29, 1.82) is 0 Å². The number of aliphatic hydroxyl groups excluding tert-OH is 1. The summed E-state index contributed by atoms with van der Waals surface area (Å²) in [4.78, 5) is 17.2. The molecule has 4 atom stereocenters. The number of terminal acetylenes is 1. The zero-order valence-electron chi connectivity index (χ0n) is 19.2. The topological polar surface area (TPSA) is 119 Å². The van der Waals surface area contributed by atoms with Crippen LogP contribution in [0.3, 0.4) is 0 Å². The minimum atomic E-state index is -3.31. The number of hydrogen-bond donors (Lipinski definition) is 3. The van der Waals surface area contributed by atoms with Crippen LogP contribution in [0.5, 0.6) is 5.88 Å². The van der Waals surface area contributed by atoms with Gasteiger partial charge in [-0.1, -0.05) is 17.7 Å². The largest absolute Gasteiger partial charge is 0.463 e. The van der Waals surface area contributed by atoms with Crippen LogP contribution >= 0.6 is 11.8 Å². The number of nitrogens with zero attached hydrogens (tertiary/aromatic N) is 4. The van der Waals surface area contributed by atoms with Gasteiger partial charge in [-0.25, -0.2) is 28.1 Å². The predicted octanol–water partition coefficient (Wildman–Crippen LogP) is 3.58. The molecule has 5 rings (SSSR count). The van der Waals surface area contributed by atoms with Crippen molar-refractivity contribution in [2.45, 2.75) is 36.2 Å². The number of alkyl halides is 2. The van der Waals surface area contributed by atoms with Crippen LogP contribution in [0.4, 0.5) is 24.7 Å². The number of aliphatic imine (C=N–C) groups is 1. The molecule has 3 heterocycles. The quantitative estimate of drug-likeness (QED) is 0.427. The fraction of sp³-hybridized carbons (Fsp3) is 0.333. The van der Waals surface area contributed by atoms with Gasteiger partial charge in [0.25, 0.3) is 5.92 Å². The van der Waals surface area contributed by atoms with Crippen molar-refractivity contribution < 1.29 is 23.0 Å². The van der Waals surface area contributed by atoms with E-state index in [0.29, 0.717) is 34.3 Å². The molecule has 8 nitrogen and oxygen atoms in total. The predicted molar refractivity (Wildman–Crippen MR) is 131 cm³/mol. The van der Waals surface area contributed by atoms with Gasteiger partial charge in [-0.2, -0.15) is 0 Å². The van der Waals surface area contributed by atoms with Gasteiger partial charge >= 0.3 is 0 Å². The maximum atomic E-state index is 15.1. The number of fused-ring (bicyclic) bond motifs is 2. The Bertz CT molecular complexity index is 1450. The molecule has 1 aliphatic heterocycles. The summed E-state index contributed by atoms with van der Waals surface area (Å²) in [7, 11) is 0. The second kappa shape index (κ2) is 8.25. The van der Waals surface area contributed by atoms with Gasteiger partial charge in [-0.3, -0.25) is 4.99 Å². The number of halogens is 3. The van der Waals surface area contributed by atoms with E-state index in [1.54, 1.807) is 6.07 Å². The van der Waals surface area contributed by atoms with Gasteiger partial charge in [-0.15, -0.1) is 6.42 Å². The third-order valence-electron chi connectivity index (χ3n) is 6.54. The number of thioether (sulfide) groups is 1. The highest BCUT2D eigenvalue weighted by atomic mass is 32.2. The summed E-state index contributed by atoms with van der Waals surface area (Å²) in [6.07, 6.45) is 6.70. The Kier molecular flexibility index (Phi) is 5.53. The maximum absolute atomic E-state index is 15.1. The zero-order chi connectivity index (χ0) is 25.9. The normalized spacial score (nSPS) is 26.9. The third kappa shape index (κ3) is 3.45. The van der Waals surface area contributed by atoms with Gasteiger partial charge in [0.15, 0.2) is 17.6 Å². The van der Waals surface area contributed by atoms with Gasteiger partial charge in [0.05, 0.1) is 29.3 Å². The summed E-state index contributed by atoms with van der Waals surface area (Å²) in [5.74, 6) is -2.60. The lowest BCUT2D eigenvalue weighted by Gasteiger charge is -2.33. The molecule has 36 heavy (non-hydrogen) atoms. The number of pyridine rings is 1. The number of ether oxygens (including phenoxy) is 1. The van der Waals surface area contributed by atoms with Crippen LogP contribution in [0.25, 0.3) is 11.0 Å². The second-order valence-electron chi connectivity index (χ2n) is 8.77. The first-order valence-electron chi connectivity index (χ1n) is 10.9. The highest BCUT2D eigenvalue weighted by Crippen LogP contribution is 2.75. The molecule has 1 unspecified atom stereocenters. The number of benzene rings is 1. The lowest BCUT2D eigenvalue weighted by molar-refractivity contribution is 0.0559. The number of aliphatic hydroxyl groups is 1. The van der Waals surface area contributed by atoms with Gasteiger partial charge in [-0.05, 0) is 38.1 Å². The fourth-order valence-corrected chi connectivity index (χ4v) is 6.38. The first-order valence-corrected chi connectivity index (χ1v) is 11.7. The lowest BCUT2D eigenvalue weighted by atomic mass is 9.84. The Labute approximate surface area is 208 Å². The van der Waals surface area contributed by atoms with Crippen molar-refractivity contribution >= 4 is 39.5 Å². The number of nitrogens with one attached hydrogen (secondary N) is 1. The van der Waals surface area contributed by atoms with E-state index in [2.05, 4.69) is 31.2 Å². The van der Waals surface area contributed by atoms with Crippen molar-refractivity contribution in [3.8, 4) is 18.2 Å². The molecule has 0 amide bonds. The zero-order valence-corrected chi connectivity index (χ0v) is 20.0. The van der Waals surface area contributed by atoms with Crippen LogP contribution in [0, 0.1) is 24.1 Å². The molecule has 1 aliphatic carbocycles. The molecule has 0 saturated heterocycles. The number of anilines is 2. The molecular weight excluding hydrogens is 493 g/mol. The van der Waals surface area contributed by atoms with Crippen molar-refractivity contribution in [3.05, 3.63) is 48.0 Å². The average Bonchev–Trinajstić information content (AvgIpc) is 3.35. The van der Waals surface area contributed by atoms with Gasteiger partial charge in [0.1, 0.15) is 16.1 Å². The van der Waals surface area contributed by atoms with E-state index in [-0.39, 0.29) is 23.2 Å². The van der Waals surface area contributed by atoms with Crippen molar-refractivity contribution in [2.75, 3.05) is 11.9 Å². The van der Waals surface area contributed by atoms with Crippen LogP contribution in [0.1, 0.15) is 19.4 Å². The Balaban J connectivity index is 1.53. The number of aromatic nitrogens is 3. The summed E-state index contributed by atoms with van der Waals surface area (Å²) in [5.41, 5.74) is 5.35. The molecule has 0 spiro atoms. The van der Waals surface area contributed by atoms with Gasteiger partial charge in [0.2, 0.25) is 5.88 Å². The number of rotatable bonds is 6. The molecule has 12 heteroatoms. The van der Waals surface area contributed by atoms with E-state index in [9.17, 15) is 5.11 Å². The van der Waals surface area contributed by atoms with Crippen molar-refractivity contribution in [3.63, 3.8) is 0 Å². The standard InChI is InChI=1S/C24H21F3N6O2S/c1-4-9-35-17-11-30-18-16(32-17)7-8-29-19(18)31-13-5-6-15(25)14(10-13)22(3)20-23(12(2)34,24(20,26)27)36-21(28)33-22/h1,5-8,10-12,20,34H,9H2,2-3H3,(H2,28,33)(H,29,31)/t12-,20+,22-,23?/m1/s1. The molecule has 1 saturated carbocycles. The smallest absolute Gasteiger partial charge is 0.273 e. The lowest BCUT2D eigenvalue weighted by Crippen LogP contribution is -2.40. The van der Waals surface area contributed by atoms with E-state index < -0.39 is 34.0 Å². The van der Waals surface area contributed by atoms with E-state index in [0.717, 1.165) is 6.07 Å². The number of nitrogens with two attached hydrogens (primary N) is 1. The van der Waals surface area contributed by atoms with E-state index in [1.165, 1.54) is 38.4 Å². The molecule has 0 radical (unpaired) electrons. The minimum absolute atomic E-state index is 0.0371. The summed E-state index contributed by atoms with van der Waals surface area (Å²) in [6, 6.07) is 5.62. The Morgan fingerprint density at radius 3 is 2.83 bits per heavy atom. The fourth-order valence-electron chi connectivity index (χ4n) is 4.94. The number of hydrogen-bond acceptors (Lipinski definition) is 9. The SMILES string of the molecule is C#CCOc1cnc2c(Nc3ccc(F)c([C@@]4(C)N=C(N)SC5([C@@H](C)O)[C@H]4C5(F)F)c3)nccc2n1. The van der Waals surface area contributed by atoms with Crippen molar-refractivity contribution in [1.82, 2.24) is 15.0 Å². The van der Waals surface area contributed by atoms with Crippen molar-refractivity contribution in [2.24, 2.45) is 16.6 Å². The summed E-state index contributed by atoms with van der Waals surface area (Å²) in [6.45, 7) is 2.73. The third-order valence-corrected chi connectivity index (χ3v) is 8.03. The molecule has 1 fully saturated rings. The van der Waals surface area contributed by atoms with Gasteiger partial charge < -0.3 is 20.9 Å². The van der Waals surface area contributed by atoms with Crippen LogP contribution in [-0.2, 0) is 5.54 Å². The second-order valence-corrected chi connectivity index (χ2v) is 10.1. The highest BCUT2D eigenvalue weighted by Gasteiger charge is 2.89. The van der Waals surface area contributed by atoms with Crippen LogP contribution < -0.4 is 15.8 Å². The first kappa shape index (κ1) is 24.1. The molecule has 2 aliphatic rings. The van der Waals surface area contributed by atoms with E-state index in [1.807, 2.05) is 0 Å². The minimum Gasteiger partial charge on any atom is -0.463 e. The van der Waals surface area contributed by atoms with Crippen LogP contribution in [0.15, 0.2) is 41.7 Å².